The Morgan fingerprint density at radius 2 is 1.87 bits per heavy atom. The van der Waals surface area contributed by atoms with Crippen LogP contribution >= 0.6 is 0 Å². The van der Waals surface area contributed by atoms with E-state index < -0.39 is 11.8 Å². The molecule has 0 radical (unpaired) electrons. The molecule has 1 aliphatic rings. The van der Waals surface area contributed by atoms with Gasteiger partial charge in [-0.05, 0) is 19.3 Å². The van der Waals surface area contributed by atoms with E-state index in [9.17, 15) is 14.0 Å². The Labute approximate surface area is 178 Å². The van der Waals surface area contributed by atoms with Crippen LogP contribution in [0.4, 0.5) is 4.39 Å². The number of nitrogens with one attached hydrogen (secondary N) is 1. The molecule has 1 aliphatic heterocycles. The first-order valence-electron chi connectivity index (χ1n) is 9.93. The van der Waals surface area contributed by atoms with Crippen LogP contribution in [-0.2, 0) is 20.9 Å². The van der Waals surface area contributed by atoms with E-state index >= 15 is 0 Å². The molecule has 1 saturated heterocycles. The number of aromatic nitrogens is 2. The van der Waals surface area contributed by atoms with Gasteiger partial charge in [0.05, 0.1) is 0 Å². The van der Waals surface area contributed by atoms with Crippen molar-refractivity contribution in [2.45, 2.75) is 32.3 Å². The summed E-state index contributed by atoms with van der Waals surface area (Å²) in [6, 6.07) is 4.69. The second-order valence-electron chi connectivity index (χ2n) is 7.13. The molecule has 1 amide bonds. The number of amides is 1. The Kier molecular flexibility index (Phi) is 7.47. The molecule has 0 atom stereocenters. The van der Waals surface area contributed by atoms with Crippen molar-refractivity contribution in [2.75, 3.05) is 19.7 Å². The maximum atomic E-state index is 14.8. The number of ether oxygens (including phenoxy) is 2. The first-order valence-corrected chi connectivity index (χ1v) is 9.93. The summed E-state index contributed by atoms with van der Waals surface area (Å²) in [5.74, 6) is -1.71. The third-order valence-corrected chi connectivity index (χ3v) is 4.77. The van der Waals surface area contributed by atoms with Gasteiger partial charge in [-0.15, -0.1) is 0 Å². The smallest absolute Gasteiger partial charge is 0.316 e. The first kappa shape index (κ1) is 22.1. The molecule has 1 aromatic heterocycles. The van der Waals surface area contributed by atoms with Crippen LogP contribution in [0, 0.1) is 11.2 Å². The van der Waals surface area contributed by atoms with Crippen LogP contribution in [0.3, 0.4) is 0 Å². The van der Waals surface area contributed by atoms with Crippen LogP contribution in [0.2, 0.25) is 0 Å². The molecule has 1 fully saturated rings. The van der Waals surface area contributed by atoms with Gasteiger partial charge in [-0.1, -0.05) is 18.2 Å². The number of piperidine rings is 1. The van der Waals surface area contributed by atoms with Crippen LogP contribution in [0.1, 0.15) is 31.2 Å². The summed E-state index contributed by atoms with van der Waals surface area (Å²) in [6.07, 6.45) is 5.58. The average molecular weight is 429 g/mol. The quantitative estimate of drug-likeness (QED) is 0.373. The molecule has 0 aliphatic carbocycles. The van der Waals surface area contributed by atoms with Crippen LogP contribution in [0.25, 0.3) is 11.1 Å². The Hall–Kier alpha value is -3.56. The standard InChI is InChI=1S/C21H24FN5O4/c22-20-14(12-30-19(29)9-17(23)24)5-4-6-16(20)15-10-25-21(26-11-15)31-13-18(28)27-7-2-1-3-8-27/h4-6,10-11H,1-3,7-9,12-13H2,(H3,23,24). The number of likely N-dealkylation sites (tertiary alicyclic amines) is 1. The fourth-order valence-electron chi connectivity index (χ4n) is 3.17. The summed E-state index contributed by atoms with van der Waals surface area (Å²) in [5, 5.41) is 7.08. The molecule has 3 N–H and O–H groups in total. The Bertz CT molecular complexity index is 945. The van der Waals surface area contributed by atoms with Crippen molar-refractivity contribution in [3.05, 3.63) is 42.0 Å². The fourth-order valence-corrected chi connectivity index (χ4v) is 3.17. The number of esters is 1. The lowest BCUT2D eigenvalue weighted by atomic mass is 10.1. The number of nitrogens with zero attached hydrogens (tertiary/aromatic N) is 3. The van der Waals surface area contributed by atoms with Gasteiger partial charge in [0.15, 0.2) is 6.61 Å². The van der Waals surface area contributed by atoms with E-state index in [1.165, 1.54) is 18.5 Å². The molecule has 0 saturated carbocycles. The van der Waals surface area contributed by atoms with Crippen molar-refractivity contribution < 1.29 is 23.5 Å². The summed E-state index contributed by atoms with van der Waals surface area (Å²) in [6.45, 7) is 1.05. The number of rotatable bonds is 8. The number of carbonyl (C=O) groups excluding carboxylic acids is 2. The second kappa shape index (κ2) is 10.5. The van der Waals surface area contributed by atoms with Crippen molar-refractivity contribution in [2.24, 2.45) is 5.73 Å². The van der Waals surface area contributed by atoms with Crippen LogP contribution in [0.15, 0.2) is 30.6 Å². The van der Waals surface area contributed by atoms with Crippen molar-refractivity contribution >= 4 is 17.7 Å². The minimum atomic E-state index is -0.707. The molecule has 0 spiro atoms. The predicted octanol–water partition coefficient (Wildman–Crippen LogP) is 2.04. The van der Waals surface area contributed by atoms with Gasteiger partial charge in [-0.2, -0.15) is 0 Å². The number of nitrogens with two attached hydrogens (primary N) is 1. The monoisotopic (exact) mass is 429 g/mol. The van der Waals surface area contributed by atoms with Gasteiger partial charge < -0.3 is 20.1 Å². The summed E-state index contributed by atoms with van der Waals surface area (Å²) >= 11 is 0. The fraction of sp³-hybridized carbons (Fsp3) is 0.381. The molecule has 3 rings (SSSR count). The minimum Gasteiger partial charge on any atom is -0.460 e. The summed E-state index contributed by atoms with van der Waals surface area (Å²) in [4.78, 5) is 33.5. The topological polar surface area (TPSA) is 131 Å². The average Bonchev–Trinajstić information content (AvgIpc) is 2.77. The zero-order valence-electron chi connectivity index (χ0n) is 17.0. The van der Waals surface area contributed by atoms with E-state index in [-0.39, 0.29) is 48.5 Å². The van der Waals surface area contributed by atoms with Crippen molar-refractivity contribution in [1.82, 2.24) is 14.9 Å². The van der Waals surface area contributed by atoms with E-state index in [0.29, 0.717) is 5.56 Å². The molecule has 9 nitrogen and oxygen atoms in total. The number of amidine groups is 1. The molecule has 10 heteroatoms. The zero-order valence-corrected chi connectivity index (χ0v) is 17.0. The second-order valence-corrected chi connectivity index (χ2v) is 7.13. The van der Waals surface area contributed by atoms with Gasteiger partial charge in [0.25, 0.3) is 5.91 Å². The maximum absolute atomic E-state index is 14.8. The zero-order chi connectivity index (χ0) is 22.2. The van der Waals surface area contributed by atoms with Crippen molar-refractivity contribution in [3.63, 3.8) is 0 Å². The lowest BCUT2D eigenvalue weighted by Gasteiger charge is -2.26. The van der Waals surface area contributed by atoms with Crippen molar-refractivity contribution in [3.8, 4) is 17.1 Å². The van der Waals surface area contributed by atoms with E-state index in [2.05, 4.69) is 9.97 Å². The maximum Gasteiger partial charge on any atom is 0.316 e. The Morgan fingerprint density at radius 3 is 2.55 bits per heavy atom. The van der Waals surface area contributed by atoms with E-state index in [0.717, 1.165) is 32.4 Å². The van der Waals surface area contributed by atoms with Gasteiger partial charge >= 0.3 is 12.0 Å². The van der Waals surface area contributed by atoms with Gasteiger partial charge in [-0.25, -0.2) is 14.4 Å². The molecular weight excluding hydrogens is 405 g/mol. The largest absolute Gasteiger partial charge is 0.460 e. The normalized spacial score (nSPS) is 13.5. The van der Waals surface area contributed by atoms with Crippen LogP contribution in [-0.4, -0.2) is 52.3 Å². The highest BCUT2D eigenvalue weighted by molar-refractivity contribution is 5.94. The van der Waals surface area contributed by atoms with Crippen LogP contribution in [0.5, 0.6) is 6.01 Å². The van der Waals surface area contributed by atoms with Gasteiger partial charge in [0.1, 0.15) is 24.7 Å². The summed E-state index contributed by atoms with van der Waals surface area (Å²) in [5.41, 5.74) is 5.95. The Morgan fingerprint density at radius 1 is 1.16 bits per heavy atom. The third kappa shape index (κ3) is 6.21. The number of benzene rings is 1. The predicted molar refractivity (Wildman–Crippen MR) is 110 cm³/mol. The van der Waals surface area contributed by atoms with E-state index in [4.69, 9.17) is 20.6 Å². The Balaban J connectivity index is 1.60. The molecule has 31 heavy (non-hydrogen) atoms. The number of hydrogen-bond acceptors (Lipinski definition) is 7. The molecule has 0 bridgehead atoms. The molecular formula is C21H24FN5O4. The van der Waals surface area contributed by atoms with Crippen molar-refractivity contribution in [1.29, 1.82) is 5.41 Å². The molecule has 1 aromatic carbocycles. The number of carbonyl (C=O) groups is 2. The summed E-state index contributed by atoms with van der Waals surface area (Å²) in [7, 11) is 0. The van der Waals surface area contributed by atoms with E-state index in [1.54, 1.807) is 17.0 Å². The van der Waals surface area contributed by atoms with Gasteiger partial charge in [-0.3, -0.25) is 15.0 Å². The molecule has 0 unspecified atom stereocenters. The van der Waals surface area contributed by atoms with Gasteiger partial charge in [0, 0.05) is 42.2 Å². The van der Waals surface area contributed by atoms with E-state index in [1.807, 2.05) is 0 Å². The third-order valence-electron chi connectivity index (χ3n) is 4.77. The molecule has 2 heterocycles. The van der Waals surface area contributed by atoms with Gasteiger partial charge in [0.2, 0.25) is 0 Å². The number of hydrogen-bond donors (Lipinski definition) is 2. The highest BCUT2D eigenvalue weighted by Gasteiger charge is 2.18. The lowest BCUT2D eigenvalue weighted by Crippen LogP contribution is -2.38. The number of halogens is 1. The summed E-state index contributed by atoms with van der Waals surface area (Å²) < 4.78 is 25.2. The minimum absolute atomic E-state index is 0.0313. The molecule has 164 valence electrons. The highest BCUT2D eigenvalue weighted by Crippen LogP contribution is 2.25. The lowest BCUT2D eigenvalue weighted by molar-refractivity contribution is -0.143. The first-order chi connectivity index (χ1) is 14.9. The van der Waals surface area contributed by atoms with Crippen LogP contribution < -0.4 is 10.5 Å². The highest BCUT2D eigenvalue weighted by atomic mass is 19.1. The SMILES string of the molecule is N=C(N)CC(=O)OCc1cccc(-c2cnc(OCC(=O)N3CCCCC3)nc2)c1F. The molecule has 2 aromatic rings.